The van der Waals surface area contributed by atoms with Crippen LogP contribution < -0.4 is 11.2 Å². The Morgan fingerprint density at radius 2 is 2.38 bits per heavy atom. The molecule has 0 spiro atoms. The van der Waals surface area contributed by atoms with Crippen molar-refractivity contribution in [2.45, 2.75) is 13.0 Å². The Labute approximate surface area is 48.0 Å². The van der Waals surface area contributed by atoms with E-state index in [9.17, 15) is 4.79 Å². The molecule has 0 aliphatic rings. The number of rotatable bonds is 2. The number of carbonyl (C=O) groups is 1. The molecule has 8 heavy (non-hydrogen) atoms. The van der Waals surface area contributed by atoms with Crippen molar-refractivity contribution >= 4 is 5.97 Å². The highest BCUT2D eigenvalue weighted by molar-refractivity contribution is 5.74. The minimum absolute atomic E-state index is 0.319. The summed E-state index contributed by atoms with van der Waals surface area (Å²) in [6.07, 6.45) is 0. The van der Waals surface area contributed by atoms with Gasteiger partial charge in [0.05, 0.1) is 0 Å². The highest BCUT2D eigenvalue weighted by Crippen LogP contribution is 1.79. The summed E-state index contributed by atoms with van der Waals surface area (Å²) in [5.74, 6) is 4.11. The van der Waals surface area contributed by atoms with Gasteiger partial charge < -0.3 is 10.2 Å². The van der Waals surface area contributed by atoms with Gasteiger partial charge in [-0.3, -0.25) is 0 Å². The SMILES string of the molecule is CNC(C)C(=O)ON. The maximum atomic E-state index is 10.3. The van der Waals surface area contributed by atoms with Crippen LogP contribution in [-0.2, 0) is 9.63 Å². The molecule has 0 heterocycles. The van der Waals surface area contributed by atoms with E-state index < -0.39 is 5.97 Å². The second-order valence-corrected chi connectivity index (χ2v) is 1.45. The van der Waals surface area contributed by atoms with Gasteiger partial charge in [-0.25, -0.2) is 4.79 Å². The van der Waals surface area contributed by atoms with E-state index in [1.165, 1.54) is 0 Å². The highest BCUT2D eigenvalue weighted by Gasteiger charge is 2.08. The van der Waals surface area contributed by atoms with Crippen LogP contribution >= 0.6 is 0 Å². The van der Waals surface area contributed by atoms with Crippen molar-refractivity contribution in [3.63, 3.8) is 0 Å². The standard InChI is InChI=1S/C4H10N2O2/c1-3(6-2)4(7)8-5/h3,6H,5H2,1-2H3. The molecule has 0 bridgehead atoms. The van der Waals surface area contributed by atoms with E-state index in [2.05, 4.69) is 16.1 Å². The number of hydrogen-bond acceptors (Lipinski definition) is 4. The molecule has 0 aromatic carbocycles. The summed E-state index contributed by atoms with van der Waals surface area (Å²) in [6.45, 7) is 1.66. The zero-order valence-electron chi connectivity index (χ0n) is 4.97. The Bertz CT molecular complexity index is 84.1. The average Bonchev–Trinajstić information content (AvgIpc) is 1.84. The summed E-state index contributed by atoms with van der Waals surface area (Å²) in [5.41, 5.74) is 0. The average molecular weight is 118 g/mol. The van der Waals surface area contributed by atoms with Crippen LogP contribution in [0.1, 0.15) is 6.92 Å². The highest BCUT2D eigenvalue weighted by atomic mass is 16.7. The predicted octanol–water partition coefficient (Wildman–Crippen LogP) is -0.989. The number of nitrogens with two attached hydrogens (primary N) is 1. The van der Waals surface area contributed by atoms with Gasteiger partial charge >= 0.3 is 5.97 Å². The van der Waals surface area contributed by atoms with Gasteiger partial charge in [-0.05, 0) is 14.0 Å². The minimum Gasteiger partial charge on any atom is -0.372 e. The Morgan fingerprint density at radius 1 is 1.88 bits per heavy atom. The lowest BCUT2D eigenvalue weighted by molar-refractivity contribution is -0.146. The minimum atomic E-state index is -0.451. The van der Waals surface area contributed by atoms with E-state index in [0.717, 1.165) is 0 Å². The van der Waals surface area contributed by atoms with Crippen LogP contribution in [0.2, 0.25) is 0 Å². The van der Waals surface area contributed by atoms with Gasteiger partial charge in [-0.2, -0.15) is 5.90 Å². The van der Waals surface area contributed by atoms with E-state index in [0.29, 0.717) is 0 Å². The van der Waals surface area contributed by atoms with Crippen LogP contribution in [0.15, 0.2) is 0 Å². The third kappa shape index (κ3) is 1.90. The van der Waals surface area contributed by atoms with Crippen LogP contribution in [0.25, 0.3) is 0 Å². The molecule has 0 aliphatic heterocycles. The van der Waals surface area contributed by atoms with Crippen molar-refractivity contribution in [1.82, 2.24) is 5.32 Å². The molecular weight excluding hydrogens is 108 g/mol. The third-order valence-electron chi connectivity index (χ3n) is 0.903. The first-order valence-electron chi connectivity index (χ1n) is 2.30. The smallest absolute Gasteiger partial charge is 0.341 e. The van der Waals surface area contributed by atoms with E-state index in [-0.39, 0.29) is 6.04 Å². The molecule has 0 aliphatic carbocycles. The lowest BCUT2D eigenvalue weighted by Crippen LogP contribution is -2.33. The first-order chi connectivity index (χ1) is 3.72. The second-order valence-electron chi connectivity index (χ2n) is 1.45. The largest absolute Gasteiger partial charge is 0.372 e. The Kier molecular flexibility index (Phi) is 3.14. The lowest BCUT2D eigenvalue weighted by Gasteiger charge is -2.03. The van der Waals surface area contributed by atoms with Gasteiger partial charge in [-0.1, -0.05) is 0 Å². The zero-order valence-corrected chi connectivity index (χ0v) is 4.97. The molecule has 0 aromatic rings. The molecule has 0 fully saturated rings. The molecular formula is C4H10N2O2. The first-order valence-corrected chi connectivity index (χ1v) is 2.30. The summed E-state index contributed by atoms with van der Waals surface area (Å²) in [4.78, 5) is 14.2. The fourth-order valence-electron chi connectivity index (χ4n) is 0.220. The maximum absolute atomic E-state index is 10.3. The molecule has 0 saturated carbocycles. The first kappa shape index (κ1) is 7.39. The van der Waals surface area contributed by atoms with Crippen LogP contribution in [0, 0.1) is 0 Å². The molecule has 0 rings (SSSR count). The van der Waals surface area contributed by atoms with Crippen LogP contribution in [0.4, 0.5) is 0 Å². The topological polar surface area (TPSA) is 64.3 Å². The van der Waals surface area contributed by atoms with Gasteiger partial charge in [0, 0.05) is 0 Å². The maximum Gasteiger partial charge on any atom is 0.341 e. The van der Waals surface area contributed by atoms with Crippen molar-refractivity contribution in [2.75, 3.05) is 7.05 Å². The van der Waals surface area contributed by atoms with E-state index in [1.54, 1.807) is 14.0 Å². The number of likely N-dealkylation sites (N-methyl/N-ethyl adjacent to an activating group) is 1. The van der Waals surface area contributed by atoms with E-state index in [1.807, 2.05) is 0 Å². The molecule has 1 unspecified atom stereocenters. The van der Waals surface area contributed by atoms with Gasteiger partial charge in [0.2, 0.25) is 0 Å². The van der Waals surface area contributed by atoms with Crippen molar-refractivity contribution < 1.29 is 9.63 Å². The zero-order chi connectivity index (χ0) is 6.57. The Morgan fingerprint density at radius 3 is 2.50 bits per heavy atom. The summed E-state index contributed by atoms with van der Waals surface area (Å²) >= 11 is 0. The summed E-state index contributed by atoms with van der Waals surface area (Å²) < 4.78 is 0. The van der Waals surface area contributed by atoms with Crippen molar-refractivity contribution in [3.8, 4) is 0 Å². The second kappa shape index (κ2) is 3.40. The molecule has 0 saturated heterocycles. The predicted molar refractivity (Wildman–Crippen MR) is 28.8 cm³/mol. The molecule has 0 amide bonds. The van der Waals surface area contributed by atoms with Gasteiger partial charge in [0.1, 0.15) is 6.04 Å². The normalized spacial score (nSPS) is 12.9. The fraction of sp³-hybridized carbons (Fsp3) is 0.750. The molecule has 4 heteroatoms. The number of nitrogens with one attached hydrogen (secondary N) is 1. The molecule has 0 aromatic heterocycles. The third-order valence-corrected chi connectivity index (χ3v) is 0.903. The van der Waals surface area contributed by atoms with Crippen molar-refractivity contribution in [2.24, 2.45) is 5.90 Å². The van der Waals surface area contributed by atoms with Gasteiger partial charge in [-0.15, -0.1) is 0 Å². The summed E-state index contributed by atoms with van der Waals surface area (Å²) in [7, 11) is 1.65. The molecule has 0 radical (unpaired) electrons. The molecule has 3 N–H and O–H groups in total. The summed E-state index contributed by atoms with van der Waals surface area (Å²) in [5, 5.41) is 2.66. The summed E-state index contributed by atoms with van der Waals surface area (Å²) in [6, 6.07) is -0.319. The van der Waals surface area contributed by atoms with E-state index >= 15 is 0 Å². The van der Waals surface area contributed by atoms with Gasteiger partial charge in [0.15, 0.2) is 0 Å². The van der Waals surface area contributed by atoms with Crippen molar-refractivity contribution in [1.29, 1.82) is 0 Å². The molecule has 48 valence electrons. The van der Waals surface area contributed by atoms with Crippen LogP contribution in [0.5, 0.6) is 0 Å². The van der Waals surface area contributed by atoms with Crippen LogP contribution in [-0.4, -0.2) is 19.1 Å². The number of carbonyl (C=O) groups excluding carboxylic acids is 1. The molecule has 4 nitrogen and oxygen atoms in total. The number of hydrogen-bond donors (Lipinski definition) is 2. The lowest BCUT2D eigenvalue weighted by atomic mass is 10.4. The molecule has 1 atom stereocenters. The van der Waals surface area contributed by atoms with Crippen LogP contribution in [0.3, 0.4) is 0 Å². The van der Waals surface area contributed by atoms with Crippen molar-refractivity contribution in [3.05, 3.63) is 0 Å². The Balaban J connectivity index is 3.46. The monoisotopic (exact) mass is 118 g/mol. The van der Waals surface area contributed by atoms with Gasteiger partial charge in [0.25, 0.3) is 0 Å². The Hall–Kier alpha value is -0.610. The van der Waals surface area contributed by atoms with E-state index in [4.69, 9.17) is 0 Å². The fourth-order valence-corrected chi connectivity index (χ4v) is 0.220. The quantitative estimate of drug-likeness (QED) is 0.457.